The second-order valence-electron chi connectivity index (χ2n) is 7.71. The number of aromatic nitrogens is 1. The van der Waals surface area contributed by atoms with Gasteiger partial charge in [-0.3, -0.25) is 4.79 Å². The minimum atomic E-state index is -3.60. The molecule has 10 heteroatoms. The van der Waals surface area contributed by atoms with Gasteiger partial charge in [-0.1, -0.05) is 25.2 Å². The van der Waals surface area contributed by atoms with E-state index in [4.69, 9.17) is 9.47 Å². The van der Waals surface area contributed by atoms with Crippen LogP contribution in [0, 0.1) is 0 Å². The van der Waals surface area contributed by atoms with E-state index in [9.17, 15) is 13.2 Å². The fourth-order valence-electron chi connectivity index (χ4n) is 3.59. The Labute approximate surface area is 204 Å². The molecule has 8 nitrogen and oxygen atoms in total. The molecule has 34 heavy (non-hydrogen) atoms. The third kappa shape index (κ3) is 5.75. The number of sulfonamides is 1. The van der Waals surface area contributed by atoms with Crippen molar-refractivity contribution in [2.75, 3.05) is 33.9 Å². The Morgan fingerprint density at radius 1 is 1.06 bits per heavy atom. The summed E-state index contributed by atoms with van der Waals surface area (Å²) in [5, 5.41) is 0. The molecule has 0 saturated carbocycles. The van der Waals surface area contributed by atoms with Crippen LogP contribution in [-0.4, -0.2) is 57.1 Å². The zero-order valence-electron chi connectivity index (χ0n) is 20.0. The summed E-state index contributed by atoms with van der Waals surface area (Å²) in [6, 6.07) is 11.7. The van der Waals surface area contributed by atoms with Crippen LogP contribution < -0.4 is 9.54 Å². The number of carbonyl (C=O) groups is 1. The number of methoxy groups -OCH3 is 2. The van der Waals surface area contributed by atoms with Crippen LogP contribution in [0.15, 0.2) is 52.4 Å². The third-order valence-electron chi connectivity index (χ3n) is 5.29. The van der Waals surface area contributed by atoms with Crippen molar-refractivity contribution in [1.29, 1.82) is 0 Å². The normalized spacial score (nSPS) is 12.6. The maximum atomic E-state index is 13.0. The van der Waals surface area contributed by atoms with Crippen LogP contribution in [0.2, 0.25) is 0 Å². The van der Waals surface area contributed by atoms with Crippen molar-refractivity contribution >= 4 is 37.5 Å². The van der Waals surface area contributed by atoms with Crippen molar-refractivity contribution in [2.45, 2.75) is 38.1 Å². The summed E-state index contributed by atoms with van der Waals surface area (Å²) < 4.78 is 40.8. The lowest BCUT2D eigenvalue weighted by molar-refractivity contribution is 0.0997. The van der Waals surface area contributed by atoms with Crippen LogP contribution in [0.5, 0.6) is 5.75 Å². The number of nitrogens with zero attached hydrogens (tertiary/aromatic N) is 3. The van der Waals surface area contributed by atoms with Crippen molar-refractivity contribution in [3.63, 3.8) is 0 Å². The molecule has 0 unspecified atom stereocenters. The van der Waals surface area contributed by atoms with Crippen molar-refractivity contribution in [1.82, 2.24) is 8.87 Å². The van der Waals surface area contributed by atoms with Gasteiger partial charge in [-0.05, 0) is 55.3 Å². The van der Waals surface area contributed by atoms with E-state index in [1.54, 1.807) is 14.2 Å². The Morgan fingerprint density at radius 3 is 2.32 bits per heavy atom. The molecule has 0 N–H and O–H groups in total. The first kappa shape index (κ1) is 26.1. The molecule has 1 aromatic heterocycles. The highest BCUT2D eigenvalue weighted by Crippen LogP contribution is 2.23. The maximum Gasteiger partial charge on any atom is 0.279 e. The SMILES string of the molecule is CCCN(CCC)S(=O)(=O)c1ccc(C(=O)N=c2sc3cc(OC)ccc3n2CCOC)cc1. The number of ether oxygens (including phenoxy) is 2. The van der Waals surface area contributed by atoms with Gasteiger partial charge in [0.1, 0.15) is 5.75 Å². The number of fused-ring (bicyclic) bond motifs is 1. The molecule has 0 saturated heterocycles. The van der Waals surface area contributed by atoms with E-state index in [1.165, 1.54) is 39.9 Å². The van der Waals surface area contributed by atoms with Crippen molar-refractivity contribution in [2.24, 2.45) is 4.99 Å². The summed E-state index contributed by atoms with van der Waals surface area (Å²) in [6.45, 7) is 5.83. The molecule has 3 aromatic rings. The lowest BCUT2D eigenvalue weighted by atomic mass is 10.2. The Morgan fingerprint density at radius 2 is 1.74 bits per heavy atom. The molecule has 2 aromatic carbocycles. The van der Waals surface area contributed by atoms with E-state index >= 15 is 0 Å². The molecule has 0 spiro atoms. The van der Waals surface area contributed by atoms with E-state index < -0.39 is 15.9 Å². The van der Waals surface area contributed by atoms with Gasteiger partial charge in [0, 0.05) is 32.3 Å². The van der Waals surface area contributed by atoms with Gasteiger partial charge in [-0.2, -0.15) is 9.30 Å². The van der Waals surface area contributed by atoms with E-state index in [0.29, 0.717) is 36.6 Å². The van der Waals surface area contributed by atoms with E-state index in [0.717, 1.165) is 28.8 Å². The second-order valence-corrected chi connectivity index (χ2v) is 10.7. The van der Waals surface area contributed by atoms with Crippen molar-refractivity contribution in [3.8, 4) is 5.75 Å². The summed E-state index contributed by atoms with van der Waals surface area (Å²) in [5.41, 5.74) is 1.26. The summed E-state index contributed by atoms with van der Waals surface area (Å²) in [5.74, 6) is 0.287. The van der Waals surface area contributed by atoms with E-state index in [-0.39, 0.29) is 4.90 Å². The lowest BCUT2D eigenvalue weighted by Crippen LogP contribution is -2.32. The van der Waals surface area contributed by atoms with Gasteiger partial charge in [0.2, 0.25) is 10.0 Å². The average molecular weight is 506 g/mol. The summed E-state index contributed by atoms with van der Waals surface area (Å²) in [4.78, 5) is 18.0. The minimum absolute atomic E-state index is 0.176. The van der Waals surface area contributed by atoms with Gasteiger partial charge < -0.3 is 14.0 Å². The minimum Gasteiger partial charge on any atom is -0.497 e. The molecular formula is C24H31N3O5S2. The van der Waals surface area contributed by atoms with Crippen LogP contribution in [-0.2, 0) is 21.3 Å². The quantitative estimate of drug-likeness (QED) is 0.394. The Hall–Kier alpha value is -2.53. The molecule has 0 aliphatic carbocycles. The lowest BCUT2D eigenvalue weighted by Gasteiger charge is -2.21. The first-order chi connectivity index (χ1) is 16.3. The zero-order valence-corrected chi connectivity index (χ0v) is 21.6. The first-order valence-electron chi connectivity index (χ1n) is 11.2. The largest absolute Gasteiger partial charge is 0.497 e. The van der Waals surface area contributed by atoms with Crippen LogP contribution in [0.3, 0.4) is 0 Å². The maximum absolute atomic E-state index is 13.0. The van der Waals surface area contributed by atoms with Crippen LogP contribution in [0.1, 0.15) is 37.0 Å². The third-order valence-corrected chi connectivity index (χ3v) is 8.25. The molecule has 184 valence electrons. The molecule has 0 radical (unpaired) electrons. The van der Waals surface area contributed by atoms with Crippen molar-refractivity contribution < 1.29 is 22.7 Å². The zero-order chi connectivity index (χ0) is 24.7. The number of hydrogen-bond acceptors (Lipinski definition) is 6. The summed E-state index contributed by atoms with van der Waals surface area (Å²) in [7, 11) is -0.374. The fourth-order valence-corrected chi connectivity index (χ4v) is 6.29. The monoisotopic (exact) mass is 505 g/mol. The van der Waals surface area contributed by atoms with Gasteiger partial charge in [0.05, 0.1) is 28.8 Å². The Bertz CT molecular complexity index is 1290. The first-order valence-corrected chi connectivity index (χ1v) is 13.5. The fraction of sp³-hybridized carbons (Fsp3) is 0.417. The highest BCUT2D eigenvalue weighted by atomic mass is 32.2. The van der Waals surface area contributed by atoms with Crippen LogP contribution in [0.25, 0.3) is 10.2 Å². The molecule has 0 aliphatic heterocycles. The molecule has 3 rings (SSSR count). The number of hydrogen-bond donors (Lipinski definition) is 0. The smallest absolute Gasteiger partial charge is 0.279 e. The summed E-state index contributed by atoms with van der Waals surface area (Å²) in [6.07, 6.45) is 1.47. The van der Waals surface area contributed by atoms with Crippen molar-refractivity contribution in [3.05, 3.63) is 52.8 Å². The predicted octanol–water partition coefficient (Wildman–Crippen LogP) is 3.91. The van der Waals surface area contributed by atoms with Gasteiger partial charge in [0.25, 0.3) is 5.91 Å². The number of benzene rings is 2. The molecule has 0 atom stereocenters. The number of amides is 1. The highest BCUT2D eigenvalue weighted by Gasteiger charge is 2.23. The number of carbonyl (C=O) groups excluding carboxylic acids is 1. The standard InChI is InChI=1S/C24H31N3O5S2/c1-5-13-26(14-6-2)34(29,30)20-10-7-18(8-11-20)23(28)25-24-27(15-16-31-3)21-12-9-19(32-4)17-22(21)33-24/h7-12,17H,5-6,13-16H2,1-4H3. The van der Waals surface area contributed by atoms with E-state index in [1.807, 2.05) is 36.6 Å². The van der Waals surface area contributed by atoms with Gasteiger partial charge in [-0.15, -0.1) is 0 Å². The van der Waals surface area contributed by atoms with Crippen LogP contribution in [0.4, 0.5) is 0 Å². The Kier molecular flexibility index (Phi) is 9.01. The van der Waals surface area contributed by atoms with E-state index in [2.05, 4.69) is 4.99 Å². The number of rotatable bonds is 11. The molecular weight excluding hydrogens is 474 g/mol. The average Bonchev–Trinajstić information content (AvgIpc) is 3.18. The molecule has 1 amide bonds. The molecule has 0 fully saturated rings. The van der Waals surface area contributed by atoms with Crippen LogP contribution >= 0.6 is 11.3 Å². The number of thiazole rings is 1. The topological polar surface area (TPSA) is 90.2 Å². The van der Waals surface area contributed by atoms with Gasteiger partial charge >= 0.3 is 0 Å². The Balaban J connectivity index is 1.95. The second kappa shape index (κ2) is 11.7. The summed E-state index contributed by atoms with van der Waals surface area (Å²) >= 11 is 1.39. The highest BCUT2D eigenvalue weighted by molar-refractivity contribution is 7.89. The molecule has 1 heterocycles. The van der Waals surface area contributed by atoms with Gasteiger partial charge in [0.15, 0.2) is 4.80 Å². The van der Waals surface area contributed by atoms with Gasteiger partial charge in [-0.25, -0.2) is 8.42 Å². The predicted molar refractivity (Wildman–Crippen MR) is 134 cm³/mol. The molecule has 0 aliphatic rings. The molecule has 0 bridgehead atoms.